The number of carbonyl (C=O) groups is 2. The van der Waals surface area contributed by atoms with Crippen LogP contribution in [-0.4, -0.2) is 27.3 Å². The van der Waals surface area contributed by atoms with Gasteiger partial charge in [-0.1, -0.05) is 48.5 Å². The highest BCUT2D eigenvalue weighted by Gasteiger charge is 2.23. The van der Waals surface area contributed by atoms with Crippen molar-refractivity contribution in [1.82, 2.24) is 9.36 Å². The van der Waals surface area contributed by atoms with E-state index in [0.29, 0.717) is 11.4 Å². The van der Waals surface area contributed by atoms with Crippen molar-refractivity contribution in [3.63, 3.8) is 0 Å². The lowest BCUT2D eigenvalue weighted by atomic mass is 10.1. The van der Waals surface area contributed by atoms with E-state index >= 15 is 0 Å². The minimum absolute atomic E-state index is 0.0731. The smallest absolute Gasteiger partial charge is 0.311 e. The largest absolute Gasteiger partial charge is 0.452 e. The van der Waals surface area contributed by atoms with Crippen LogP contribution in [0.2, 0.25) is 0 Å². The lowest BCUT2D eigenvalue weighted by Gasteiger charge is -2.13. The molecule has 0 bridgehead atoms. The third kappa shape index (κ3) is 4.45. The van der Waals surface area contributed by atoms with E-state index in [-0.39, 0.29) is 17.7 Å². The Labute approximate surface area is 168 Å². The van der Waals surface area contributed by atoms with Gasteiger partial charge in [-0.05, 0) is 31.5 Å². The molecule has 0 fully saturated rings. The number of nitrogens with one attached hydrogen (secondary N) is 1. The van der Waals surface area contributed by atoms with Crippen LogP contribution < -0.4 is 10.9 Å². The molecule has 0 spiro atoms. The summed E-state index contributed by atoms with van der Waals surface area (Å²) in [4.78, 5) is 37.5. The molecule has 1 heterocycles. The van der Waals surface area contributed by atoms with Crippen molar-refractivity contribution in [1.29, 1.82) is 0 Å². The summed E-state index contributed by atoms with van der Waals surface area (Å²) in [6.45, 7) is 3.22. The van der Waals surface area contributed by atoms with E-state index in [9.17, 15) is 14.4 Å². The Balaban J connectivity index is 1.72. The van der Waals surface area contributed by atoms with Gasteiger partial charge in [-0.2, -0.15) is 0 Å². The molecule has 3 aromatic rings. The Kier molecular flexibility index (Phi) is 5.97. The van der Waals surface area contributed by atoms with E-state index in [1.54, 1.807) is 30.8 Å². The molecule has 0 aliphatic heterocycles. The van der Waals surface area contributed by atoms with E-state index < -0.39 is 18.0 Å². The summed E-state index contributed by atoms with van der Waals surface area (Å²) in [5.41, 5.74) is 1.88. The molecule has 7 heteroatoms. The quantitative estimate of drug-likeness (QED) is 0.653. The van der Waals surface area contributed by atoms with Crippen LogP contribution in [0, 0.1) is 6.92 Å². The second kappa shape index (κ2) is 8.60. The van der Waals surface area contributed by atoms with Gasteiger partial charge in [-0.15, -0.1) is 0 Å². The summed E-state index contributed by atoms with van der Waals surface area (Å²) < 4.78 is 8.36. The molecule has 0 saturated heterocycles. The van der Waals surface area contributed by atoms with Crippen molar-refractivity contribution in [3.8, 4) is 5.69 Å². The molecule has 1 N–H and O–H groups in total. The Morgan fingerprint density at radius 1 is 1.03 bits per heavy atom. The highest BCUT2D eigenvalue weighted by molar-refractivity contribution is 5.95. The molecule has 29 heavy (non-hydrogen) atoms. The van der Waals surface area contributed by atoms with Crippen molar-refractivity contribution in [2.75, 3.05) is 5.32 Å². The minimum atomic E-state index is -1.03. The summed E-state index contributed by atoms with van der Waals surface area (Å²) in [5.74, 6) is -1.07. The number of nitrogens with zero attached hydrogens (tertiary/aromatic N) is 2. The van der Waals surface area contributed by atoms with Gasteiger partial charge in [0.2, 0.25) is 0 Å². The lowest BCUT2D eigenvalue weighted by molar-refractivity contribution is -0.152. The van der Waals surface area contributed by atoms with E-state index in [2.05, 4.69) is 5.32 Å². The second-order valence-corrected chi connectivity index (χ2v) is 6.72. The first-order chi connectivity index (χ1) is 13.9. The molecular weight excluding hydrogens is 370 g/mol. The van der Waals surface area contributed by atoms with Crippen LogP contribution >= 0.6 is 0 Å². The average molecular weight is 393 g/mol. The minimum Gasteiger partial charge on any atom is -0.452 e. The molecule has 1 atom stereocenters. The van der Waals surface area contributed by atoms with Crippen LogP contribution in [0.15, 0.2) is 65.5 Å². The Morgan fingerprint density at radius 3 is 2.24 bits per heavy atom. The summed E-state index contributed by atoms with van der Waals surface area (Å²) in [6.07, 6.45) is -0.959. The lowest BCUT2D eigenvalue weighted by Crippen LogP contribution is -2.32. The average Bonchev–Trinajstić information content (AvgIpc) is 2.92. The predicted octanol–water partition coefficient (Wildman–Crippen LogP) is 2.60. The number of carbonyl (C=O) groups excluding carboxylic acids is 2. The maximum atomic E-state index is 12.9. The van der Waals surface area contributed by atoms with Crippen molar-refractivity contribution in [2.45, 2.75) is 26.4 Å². The van der Waals surface area contributed by atoms with Crippen LogP contribution in [0.4, 0.5) is 5.69 Å². The fourth-order valence-electron chi connectivity index (χ4n) is 2.99. The normalized spacial score (nSPS) is 11.7. The van der Waals surface area contributed by atoms with Crippen LogP contribution in [0.5, 0.6) is 0 Å². The molecule has 0 aliphatic carbocycles. The molecule has 0 radical (unpaired) electrons. The Bertz CT molecular complexity index is 1070. The molecule has 7 nitrogen and oxygen atoms in total. The van der Waals surface area contributed by atoms with Gasteiger partial charge in [0.1, 0.15) is 5.69 Å². The maximum absolute atomic E-state index is 12.9. The van der Waals surface area contributed by atoms with Crippen LogP contribution in [0.1, 0.15) is 18.2 Å². The number of rotatable bonds is 6. The van der Waals surface area contributed by atoms with E-state index in [1.165, 1.54) is 11.6 Å². The molecule has 2 aromatic carbocycles. The zero-order chi connectivity index (χ0) is 21.0. The van der Waals surface area contributed by atoms with Crippen LogP contribution in [0.3, 0.4) is 0 Å². The van der Waals surface area contributed by atoms with Crippen LogP contribution in [-0.2, 0) is 27.8 Å². The summed E-state index contributed by atoms with van der Waals surface area (Å²) in [6, 6.07) is 18.3. The van der Waals surface area contributed by atoms with E-state index in [0.717, 1.165) is 5.56 Å². The van der Waals surface area contributed by atoms with Gasteiger partial charge < -0.3 is 10.1 Å². The highest BCUT2D eigenvalue weighted by Crippen LogP contribution is 2.14. The number of aromatic nitrogens is 2. The van der Waals surface area contributed by atoms with Crippen LogP contribution in [0.25, 0.3) is 5.69 Å². The van der Waals surface area contributed by atoms with E-state index in [4.69, 9.17) is 4.74 Å². The van der Waals surface area contributed by atoms with Gasteiger partial charge in [-0.3, -0.25) is 19.1 Å². The van der Waals surface area contributed by atoms with Gasteiger partial charge in [-0.25, -0.2) is 4.68 Å². The molecule has 0 aliphatic rings. The first kappa shape index (κ1) is 20.1. The van der Waals surface area contributed by atoms with Gasteiger partial charge >= 0.3 is 5.97 Å². The van der Waals surface area contributed by atoms with Gasteiger partial charge in [0.15, 0.2) is 6.10 Å². The third-order valence-corrected chi connectivity index (χ3v) is 4.67. The molecular formula is C22H23N3O4. The Morgan fingerprint density at radius 2 is 1.62 bits per heavy atom. The van der Waals surface area contributed by atoms with Gasteiger partial charge in [0.05, 0.1) is 17.8 Å². The SMILES string of the molecule is Cc1c(NC(=O)[C@@H](C)OC(=O)Cc2ccccc2)c(=O)n(-c2ccccc2)n1C. The van der Waals surface area contributed by atoms with Crippen molar-refractivity contribution in [2.24, 2.45) is 7.05 Å². The molecule has 0 unspecified atom stereocenters. The number of benzene rings is 2. The Hall–Kier alpha value is -3.61. The fraction of sp³-hybridized carbons (Fsp3) is 0.227. The zero-order valence-electron chi connectivity index (χ0n) is 16.6. The maximum Gasteiger partial charge on any atom is 0.311 e. The topological polar surface area (TPSA) is 82.3 Å². The first-order valence-electron chi connectivity index (χ1n) is 9.26. The third-order valence-electron chi connectivity index (χ3n) is 4.67. The fourth-order valence-corrected chi connectivity index (χ4v) is 2.99. The standard InChI is InChI=1S/C22H23N3O4/c1-15-20(22(28)25(24(15)3)18-12-8-5-9-13-18)23-21(27)16(2)29-19(26)14-17-10-6-4-7-11-17/h4-13,16H,14H2,1-3H3,(H,23,27)/t16-/m1/s1. The first-order valence-corrected chi connectivity index (χ1v) is 9.26. The monoisotopic (exact) mass is 393 g/mol. The zero-order valence-corrected chi connectivity index (χ0v) is 16.6. The number of amides is 1. The van der Waals surface area contributed by atoms with Crippen molar-refractivity contribution < 1.29 is 14.3 Å². The van der Waals surface area contributed by atoms with Crippen molar-refractivity contribution >= 4 is 17.6 Å². The van der Waals surface area contributed by atoms with E-state index in [1.807, 2.05) is 48.5 Å². The highest BCUT2D eigenvalue weighted by atomic mass is 16.5. The number of hydrogen-bond acceptors (Lipinski definition) is 4. The van der Waals surface area contributed by atoms with Gasteiger partial charge in [0.25, 0.3) is 11.5 Å². The molecule has 150 valence electrons. The van der Waals surface area contributed by atoms with Gasteiger partial charge in [0, 0.05) is 7.05 Å². The molecule has 3 rings (SSSR count). The van der Waals surface area contributed by atoms with Crippen molar-refractivity contribution in [3.05, 3.63) is 82.3 Å². The molecule has 1 amide bonds. The number of anilines is 1. The molecule has 1 aromatic heterocycles. The number of para-hydroxylation sites is 1. The predicted molar refractivity (Wildman–Crippen MR) is 110 cm³/mol. The summed E-state index contributed by atoms with van der Waals surface area (Å²) >= 11 is 0. The summed E-state index contributed by atoms with van der Waals surface area (Å²) in [7, 11) is 1.74. The second-order valence-electron chi connectivity index (χ2n) is 6.72. The summed E-state index contributed by atoms with van der Waals surface area (Å²) in [5, 5.41) is 2.61. The number of ether oxygens (including phenoxy) is 1. The number of hydrogen-bond donors (Lipinski definition) is 1. The molecule has 0 saturated carbocycles. The number of esters is 1.